The first-order chi connectivity index (χ1) is 11.3. The van der Waals surface area contributed by atoms with E-state index >= 15 is 0 Å². The Bertz CT molecular complexity index is 779. The first-order valence-electron chi connectivity index (χ1n) is 7.94. The molecule has 1 atom stereocenters. The van der Waals surface area contributed by atoms with Crippen molar-refractivity contribution in [3.05, 3.63) is 48.3 Å². The molecule has 4 rings (SSSR count). The molecule has 118 valence electrons. The largest absolute Gasteiger partial charge is 0.336 e. The highest BCUT2D eigenvalue weighted by Crippen LogP contribution is 2.26. The summed E-state index contributed by atoms with van der Waals surface area (Å²) in [6.07, 6.45) is 6.22. The van der Waals surface area contributed by atoms with Crippen molar-refractivity contribution in [3.63, 3.8) is 0 Å². The van der Waals surface area contributed by atoms with Gasteiger partial charge in [-0.1, -0.05) is 18.2 Å². The van der Waals surface area contributed by atoms with Crippen LogP contribution in [0.3, 0.4) is 0 Å². The van der Waals surface area contributed by atoms with E-state index in [2.05, 4.69) is 37.9 Å². The third-order valence-electron chi connectivity index (χ3n) is 4.22. The predicted octanol–water partition coefficient (Wildman–Crippen LogP) is 3.08. The summed E-state index contributed by atoms with van der Waals surface area (Å²) in [6.45, 7) is 3.87. The van der Waals surface area contributed by atoms with E-state index in [0.29, 0.717) is 17.9 Å². The Kier molecular flexibility index (Phi) is 3.57. The average molecular weight is 309 g/mol. The minimum absolute atomic E-state index is 0.358. The number of hydrogen-bond donors (Lipinski definition) is 0. The van der Waals surface area contributed by atoms with E-state index < -0.39 is 0 Å². The lowest BCUT2D eigenvalue weighted by molar-refractivity contribution is 0.367. The Hall–Kier alpha value is -2.63. The summed E-state index contributed by atoms with van der Waals surface area (Å²) in [4.78, 5) is 6.74. The van der Waals surface area contributed by atoms with Crippen LogP contribution in [0.25, 0.3) is 11.5 Å². The maximum atomic E-state index is 5.42. The fourth-order valence-corrected chi connectivity index (χ4v) is 3.03. The lowest BCUT2D eigenvalue weighted by atomic mass is 10.1. The van der Waals surface area contributed by atoms with Crippen LogP contribution in [0.15, 0.2) is 47.2 Å². The van der Waals surface area contributed by atoms with Crippen molar-refractivity contribution in [2.24, 2.45) is 0 Å². The lowest BCUT2D eigenvalue weighted by Crippen LogP contribution is -2.37. The molecular weight excluding hydrogens is 290 g/mol. The highest BCUT2D eigenvalue weighted by Gasteiger charge is 2.25. The summed E-state index contributed by atoms with van der Waals surface area (Å²) in [6, 6.07) is 10.2. The lowest BCUT2D eigenvalue weighted by Gasteiger charge is -2.31. The van der Waals surface area contributed by atoms with Gasteiger partial charge in [-0.15, -0.1) is 0 Å². The Labute approximate surface area is 134 Å². The number of aryl methyl sites for hydroxylation is 1. The van der Waals surface area contributed by atoms with Crippen LogP contribution >= 0.6 is 0 Å². The third-order valence-corrected chi connectivity index (χ3v) is 4.22. The van der Waals surface area contributed by atoms with Crippen LogP contribution in [0.1, 0.15) is 24.4 Å². The summed E-state index contributed by atoms with van der Waals surface area (Å²) in [5.41, 5.74) is 2.13. The van der Waals surface area contributed by atoms with E-state index in [-0.39, 0.29) is 0 Å². The number of hydrogen-bond acceptors (Lipinski definition) is 5. The van der Waals surface area contributed by atoms with Crippen LogP contribution in [0.2, 0.25) is 0 Å². The highest BCUT2D eigenvalue weighted by atomic mass is 16.5. The molecule has 1 aliphatic rings. The SMILES string of the molecule is Cc1cnn(C2CCCN(c3noc(-c4ccccc4)n3)C2)c1. The molecule has 0 spiro atoms. The van der Waals surface area contributed by atoms with Gasteiger partial charge in [-0.05, 0) is 42.6 Å². The third kappa shape index (κ3) is 2.84. The Balaban J connectivity index is 1.53. The summed E-state index contributed by atoms with van der Waals surface area (Å²) in [7, 11) is 0. The molecule has 0 saturated carbocycles. The van der Waals surface area contributed by atoms with Gasteiger partial charge in [-0.25, -0.2) is 0 Å². The molecule has 23 heavy (non-hydrogen) atoms. The monoisotopic (exact) mass is 309 g/mol. The van der Waals surface area contributed by atoms with Crippen molar-refractivity contribution in [3.8, 4) is 11.5 Å². The molecule has 0 aliphatic carbocycles. The van der Waals surface area contributed by atoms with Crippen LogP contribution in [0.4, 0.5) is 5.95 Å². The van der Waals surface area contributed by atoms with Crippen molar-refractivity contribution in [1.82, 2.24) is 19.9 Å². The molecule has 0 N–H and O–H groups in total. The van der Waals surface area contributed by atoms with E-state index in [1.54, 1.807) is 0 Å². The van der Waals surface area contributed by atoms with Crippen molar-refractivity contribution < 1.29 is 4.52 Å². The molecule has 1 aliphatic heterocycles. The van der Waals surface area contributed by atoms with Crippen LogP contribution in [0, 0.1) is 6.92 Å². The van der Waals surface area contributed by atoms with E-state index in [4.69, 9.17) is 4.52 Å². The fraction of sp³-hybridized carbons (Fsp3) is 0.353. The van der Waals surface area contributed by atoms with Gasteiger partial charge >= 0.3 is 0 Å². The predicted molar refractivity (Wildman–Crippen MR) is 87.2 cm³/mol. The van der Waals surface area contributed by atoms with Crippen LogP contribution < -0.4 is 4.90 Å². The normalized spacial score (nSPS) is 18.3. The molecule has 0 amide bonds. The minimum Gasteiger partial charge on any atom is -0.336 e. The topological polar surface area (TPSA) is 60.0 Å². The van der Waals surface area contributed by atoms with Crippen molar-refractivity contribution in [1.29, 1.82) is 0 Å². The molecule has 6 heteroatoms. The second-order valence-electron chi connectivity index (χ2n) is 6.01. The van der Waals surface area contributed by atoms with Gasteiger partial charge in [0.05, 0.1) is 12.2 Å². The van der Waals surface area contributed by atoms with E-state index in [9.17, 15) is 0 Å². The highest BCUT2D eigenvalue weighted by molar-refractivity contribution is 5.54. The maximum absolute atomic E-state index is 5.42. The van der Waals surface area contributed by atoms with Gasteiger partial charge in [-0.3, -0.25) is 4.68 Å². The second kappa shape index (κ2) is 5.87. The fourth-order valence-electron chi connectivity index (χ4n) is 3.03. The molecule has 6 nitrogen and oxygen atoms in total. The number of piperidine rings is 1. The quantitative estimate of drug-likeness (QED) is 0.744. The van der Waals surface area contributed by atoms with E-state index in [0.717, 1.165) is 31.5 Å². The van der Waals surface area contributed by atoms with Gasteiger partial charge in [0.2, 0.25) is 0 Å². The smallest absolute Gasteiger partial charge is 0.266 e. The zero-order valence-corrected chi connectivity index (χ0v) is 13.1. The molecule has 0 bridgehead atoms. The number of anilines is 1. The van der Waals surface area contributed by atoms with Gasteiger partial charge in [0.1, 0.15) is 0 Å². The van der Waals surface area contributed by atoms with Gasteiger partial charge in [0.15, 0.2) is 0 Å². The Morgan fingerprint density at radius 2 is 2.09 bits per heavy atom. The molecule has 1 unspecified atom stereocenters. The van der Waals surface area contributed by atoms with Crippen LogP contribution in [-0.2, 0) is 0 Å². The second-order valence-corrected chi connectivity index (χ2v) is 6.01. The number of aromatic nitrogens is 4. The Morgan fingerprint density at radius 1 is 1.22 bits per heavy atom. The van der Waals surface area contributed by atoms with Crippen molar-refractivity contribution in [2.45, 2.75) is 25.8 Å². The van der Waals surface area contributed by atoms with Crippen molar-refractivity contribution >= 4 is 5.95 Å². The summed E-state index contributed by atoms with van der Waals surface area (Å²) >= 11 is 0. The molecule has 1 fully saturated rings. The average Bonchev–Trinajstić information content (AvgIpc) is 3.25. The minimum atomic E-state index is 0.358. The Morgan fingerprint density at radius 3 is 2.87 bits per heavy atom. The summed E-state index contributed by atoms with van der Waals surface area (Å²) < 4.78 is 7.48. The van der Waals surface area contributed by atoms with Gasteiger partial charge in [-0.2, -0.15) is 10.1 Å². The van der Waals surface area contributed by atoms with E-state index in [1.165, 1.54) is 5.56 Å². The van der Waals surface area contributed by atoms with E-state index in [1.807, 2.05) is 36.5 Å². The molecule has 0 radical (unpaired) electrons. The molecule has 1 saturated heterocycles. The first kappa shape index (κ1) is 14.0. The molecule has 2 aromatic heterocycles. The molecular formula is C17H19N5O. The van der Waals surface area contributed by atoms with Crippen LogP contribution in [-0.4, -0.2) is 33.0 Å². The van der Waals surface area contributed by atoms with Gasteiger partial charge < -0.3 is 9.42 Å². The van der Waals surface area contributed by atoms with Crippen LogP contribution in [0.5, 0.6) is 0 Å². The summed E-state index contributed by atoms with van der Waals surface area (Å²) in [5.74, 6) is 1.23. The summed E-state index contributed by atoms with van der Waals surface area (Å²) in [5, 5.41) is 8.61. The maximum Gasteiger partial charge on any atom is 0.266 e. The van der Waals surface area contributed by atoms with Gasteiger partial charge in [0.25, 0.3) is 11.8 Å². The van der Waals surface area contributed by atoms with Gasteiger partial charge in [0, 0.05) is 24.8 Å². The molecule has 3 aromatic rings. The number of rotatable bonds is 3. The number of benzene rings is 1. The number of nitrogens with zero attached hydrogens (tertiary/aromatic N) is 5. The standard InChI is InChI=1S/C17H19N5O/c1-13-10-18-22(11-13)15-8-5-9-21(12-15)17-19-16(23-20-17)14-6-3-2-4-7-14/h2-4,6-7,10-11,15H,5,8-9,12H2,1H3. The zero-order valence-electron chi connectivity index (χ0n) is 13.1. The molecule has 3 heterocycles. The zero-order chi connectivity index (χ0) is 15.6. The van der Waals surface area contributed by atoms with Crippen molar-refractivity contribution in [2.75, 3.05) is 18.0 Å². The first-order valence-corrected chi connectivity index (χ1v) is 7.94. The molecule has 1 aromatic carbocycles.